The van der Waals surface area contributed by atoms with Gasteiger partial charge in [-0.3, -0.25) is 9.59 Å². The van der Waals surface area contributed by atoms with Gasteiger partial charge in [-0.1, -0.05) is 0 Å². The van der Waals surface area contributed by atoms with Crippen molar-refractivity contribution in [2.75, 3.05) is 6.54 Å². The van der Waals surface area contributed by atoms with Gasteiger partial charge < -0.3 is 15.5 Å². The van der Waals surface area contributed by atoms with Crippen LogP contribution in [0.1, 0.15) is 13.3 Å². The van der Waals surface area contributed by atoms with E-state index in [1.165, 1.54) is 6.92 Å². The molecule has 6 nitrogen and oxygen atoms in total. The van der Waals surface area contributed by atoms with Crippen molar-refractivity contribution in [2.24, 2.45) is 0 Å². The number of nitrogens with one attached hydrogen (secondary N) is 1. The van der Waals surface area contributed by atoms with Crippen molar-refractivity contribution in [1.82, 2.24) is 5.32 Å². The molecule has 6 heteroatoms. The number of carbonyl (C=O) groups is 3. The Kier molecular flexibility index (Phi) is 4.68. The monoisotopic (exact) mass is 189 g/mol. The molecule has 13 heavy (non-hydrogen) atoms. The number of aliphatic hydroxyl groups excluding tert-OH is 1. The van der Waals surface area contributed by atoms with Gasteiger partial charge in [0, 0.05) is 19.9 Å². The first-order valence-corrected chi connectivity index (χ1v) is 3.62. The van der Waals surface area contributed by atoms with Gasteiger partial charge in [0.05, 0.1) is 6.10 Å². The SMILES string of the molecule is CC(=O)NCC(O)CC(=O)C(=O)O. The topological polar surface area (TPSA) is 104 Å². The Hall–Kier alpha value is -1.43. The smallest absolute Gasteiger partial charge is 0.372 e. The molecule has 1 atom stereocenters. The molecule has 0 spiro atoms. The van der Waals surface area contributed by atoms with Crippen LogP contribution in [0.2, 0.25) is 0 Å². The van der Waals surface area contributed by atoms with Crippen molar-refractivity contribution < 1.29 is 24.6 Å². The average molecular weight is 189 g/mol. The van der Waals surface area contributed by atoms with Crippen LogP contribution in [0.25, 0.3) is 0 Å². The molecule has 0 rings (SSSR count). The third kappa shape index (κ3) is 5.80. The first-order chi connectivity index (χ1) is 5.93. The van der Waals surface area contributed by atoms with Crippen LogP contribution in [0.4, 0.5) is 0 Å². The highest BCUT2D eigenvalue weighted by Gasteiger charge is 2.16. The summed E-state index contributed by atoms with van der Waals surface area (Å²) in [5.41, 5.74) is 0. The van der Waals surface area contributed by atoms with E-state index in [2.05, 4.69) is 5.32 Å². The summed E-state index contributed by atoms with van der Waals surface area (Å²) in [4.78, 5) is 30.9. The molecule has 74 valence electrons. The van der Waals surface area contributed by atoms with Crippen LogP contribution >= 0.6 is 0 Å². The normalized spacial score (nSPS) is 11.8. The van der Waals surface area contributed by atoms with Crippen molar-refractivity contribution in [3.8, 4) is 0 Å². The molecule has 0 saturated carbocycles. The van der Waals surface area contributed by atoms with Crippen molar-refractivity contribution in [1.29, 1.82) is 0 Å². The number of carboxylic acid groups (broad SMARTS) is 1. The van der Waals surface area contributed by atoms with Gasteiger partial charge in [-0.25, -0.2) is 4.79 Å². The summed E-state index contributed by atoms with van der Waals surface area (Å²) in [5.74, 6) is -3.00. The lowest BCUT2D eigenvalue weighted by molar-refractivity contribution is -0.150. The second-order valence-corrected chi connectivity index (χ2v) is 2.52. The minimum absolute atomic E-state index is 0.117. The maximum absolute atomic E-state index is 10.5. The molecule has 0 fully saturated rings. The molecule has 0 aliphatic heterocycles. The van der Waals surface area contributed by atoms with Gasteiger partial charge >= 0.3 is 5.97 Å². The number of Topliss-reactive ketones (excluding diaryl/α,β-unsaturated/α-hetero) is 1. The summed E-state index contributed by atoms with van der Waals surface area (Å²) in [6.07, 6.45) is -1.64. The predicted molar refractivity (Wildman–Crippen MR) is 42.0 cm³/mol. The van der Waals surface area contributed by atoms with E-state index in [0.29, 0.717) is 0 Å². The quantitative estimate of drug-likeness (QED) is 0.458. The zero-order valence-corrected chi connectivity index (χ0v) is 7.11. The highest BCUT2D eigenvalue weighted by Crippen LogP contribution is 1.91. The number of aliphatic carboxylic acids is 1. The van der Waals surface area contributed by atoms with Gasteiger partial charge in [-0.05, 0) is 0 Å². The Bertz CT molecular complexity index is 225. The van der Waals surface area contributed by atoms with Crippen molar-refractivity contribution in [3.63, 3.8) is 0 Å². The van der Waals surface area contributed by atoms with Gasteiger partial charge in [0.2, 0.25) is 11.7 Å². The van der Waals surface area contributed by atoms with E-state index in [0.717, 1.165) is 0 Å². The van der Waals surface area contributed by atoms with Crippen LogP contribution in [0.5, 0.6) is 0 Å². The summed E-state index contributed by atoms with van der Waals surface area (Å²) in [6, 6.07) is 0. The predicted octanol–water partition coefficient (Wildman–Crippen LogP) is -1.47. The number of carboxylic acids is 1. The fourth-order valence-electron chi connectivity index (χ4n) is 0.635. The van der Waals surface area contributed by atoms with E-state index in [1.807, 2.05) is 0 Å². The number of amides is 1. The summed E-state index contributed by atoms with van der Waals surface area (Å²) in [7, 11) is 0. The molecule has 0 radical (unpaired) electrons. The number of rotatable bonds is 5. The lowest BCUT2D eigenvalue weighted by atomic mass is 10.2. The van der Waals surface area contributed by atoms with E-state index >= 15 is 0 Å². The summed E-state index contributed by atoms with van der Waals surface area (Å²) in [6.45, 7) is 1.14. The maximum Gasteiger partial charge on any atom is 0.372 e. The lowest BCUT2D eigenvalue weighted by Crippen LogP contribution is -2.33. The molecule has 0 saturated heterocycles. The van der Waals surface area contributed by atoms with Gasteiger partial charge in [-0.2, -0.15) is 0 Å². The second kappa shape index (κ2) is 5.26. The van der Waals surface area contributed by atoms with Crippen LogP contribution in [0, 0.1) is 0 Å². The van der Waals surface area contributed by atoms with Crippen molar-refractivity contribution >= 4 is 17.7 Å². The van der Waals surface area contributed by atoms with Gasteiger partial charge in [0.1, 0.15) is 0 Å². The van der Waals surface area contributed by atoms with Crippen molar-refractivity contribution in [3.05, 3.63) is 0 Å². The Morgan fingerprint density at radius 1 is 1.38 bits per heavy atom. The summed E-state index contributed by atoms with van der Waals surface area (Å²) < 4.78 is 0. The minimum atomic E-state index is -1.58. The van der Waals surface area contributed by atoms with E-state index < -0.39 is 24.3 Å². The van der Waals surface area contributed by atoms with Crippen LogP contribution in [0.3, 0.4) is 0 Å². The Morgan fingerprint density at radius 3 is 2.31 bits per heavy atom. The Labute approximate surface area is 74.6 Å². The number of carbonyl (C=O) groups excluding carboxylic acids is 2. The van der Waals surface area contributed by atoms with Crippen LogP contribution < -0.4 is 5.32 Å². The third-order valence-electron chi connectivity index (χ3n) is 1.25. The maximum atomic E-state index is 10.5. The summed E-state index contributed by atoms with van der Waals surface area (Å²) in [5, 5.41) is 19.4. The molecule has 0 aromatic heterocycles. The number of aliphatic hydroxyl groups is 1. The lowest BCUT2D eigenvalue weighted by Gasteiger charge is -2.07. The molecule has 0 aliphatic rings. The van der Waals surface area contributed by atoms with E-state index in [9.17, 15) is 14.4 Å². The van der Waals surface area contributed by atoms with E-state index in [1.54, 1.807) is 0 Å². The average Bonchev–Trinajstić information content (AvgIpc) is 2.00. The van der Waals surface area contributed by atoms with Crippen LogP contribution in [0.15, 0.2) is 0 Å². The fourth-order valence-corrected chi connectivity index (χ4v) is 0.635. The first-order valence-electron chi connectivity index (χ1n) is 3.62. The third-order valence-corrected chi connectivity index (χ3v) is 1.25. The molecule has 0 bridgehead atoms. The number of hydrogen-bond acceptors (Lipinski definition) is 4. The Morgan fingerprint density at radius 2 is 1.92 bits per heavy atom. The Balaban J connectivity index is 3.74. The molecule has 3 N–H and O–H groups in total. The highest BCUT2D eigenvalue weighted by atomic mass is 16.4. The molecule has 1 unspecified atom stereocenters. The van der Waals surface area contributed by atoms with E-state index in [4.69, 9.17) is 10.2 Å². The summed E-state index contributed by atoms with van der Waals surface area (Å²) >= 11 is 0. The van der Waals surface area contributed by atoms with Gasteiger partial charge in [0.15, 0.2) is 0 Å². The zero-order valence-electron chi connectivity index (χ0n) is 7.11. The molecule has 1 amide bonds. The number of hydrogen-bond donors (Lipinski definition) is 3. The van der Waals surface area contributed by atoms with Crippen molar-refractivity contribution in [2.45, 2.75) is 19.4 Å². The molecular weight excluding hydrogens is 178 g/mol. The molecular formula is C7H11NO5. The van der Waals surface area contributed by atoms with Crippen LogP contribution in [-0.2, 0) is 14.4 Å². The highest BCUT2D eigenvalue weighted by molar-refractivity contribution is 6.32. The molecule has 0 aliphatic carbocycles. The zero-order chi connectivity index (χ0) is 10.4. The van der Waals surface area contributed by atoms with Gasteiger partial charge in [0.25, 0.3) is 0 Å². The number of ketones is 1. The van der Waals surface area contributed by atoms with E-state index in [-0.39, 0.29) is 12.5 Å². The molecule has 0 aromatic carbocycles. The first kappa shape index (κ1) is 11.6. The van der Waals surface area contributed by atoms with Crippen LogP contribution in [-0.4, -0.2) is 40.5 Å². The second-order valence-electron chi connectivity index (χ2n) is 2.52. The molecule has 0 heterocycles. The van der Waals surface area contributed by atoms with Gasteiger partial charge in [-0.15, -0.1) is 0 Å². The fraction of sp³-hybridized carbons (Fsp3) is 0.571. The standard InChI is InChI=1S/C7H11NO5/c1-4(9)8-3-5(10)2-6(11)7(12)13/h5,10H,2-3H2,1H3,(H,8,9)(H,12,13). The largest absolute Gasteiger partial charge is 0.475 e. The minimum Gasteiger partial charge on any atom is -0.475 e. The molecule has 0 aromatic rings.